The van der Waals surface area contributed by atoms with Gasteiger partial charge < -0.3 is 15.4 Å². The Morgan fingerprint density at radius 2 is 2.06 bits per heavy atom. The molecule has 3 nitrogen and oxygen atoms in total. The van der Waals surface area contributed by atoms with Gasteiger partial charge in [0, 0.05) is 18.2 Å². The molecule has 1 rings (SSSR count). The number of hydrogen-bond donors (Lipinski definition) is 1. The lowest BCUT2D eigenvalue weighted by Gasteiger charge is -2.15. The van der Waals surface area contributed by atoms with E-state index in [2.05, 4.69) is 44.1 Å². The SMILES string of the molecule is Cc1ccc(C(C)N)c(OCCCN(C)C)c1. The number of aryl methyl sites for hydroxylation is 1. The summed E-state index contributed by atoms with van der Waals surface area (Å²) in [5, 5.41) is 0. The van der Waals surface area contributed by atoms with Crippen LogP contribution in [0.1, 0.15) is 30.5 Å². The van der Waals surface area contributed by atoms with E-state index in [4.69, 9.17) is 10.5 Å². The van der Waals surface area contributed by atoms with Gasteiger partial charge in [-0.2, -0.15) is 0 Å². The molecule has 1 aromatic rings. The summed E-state index contributed by atoms with van der Waals surface area (Å²) in [5.74, 6) is 0.929. The molecule has 2 N–H and O–H groups in total. The van der Waals surface area contributed by atoms with Crippen LogP contribution in [0.15, 0.2) is 18.2 Å². The maximum atomic E-state index is 5.93. The van der Waals surface area contributed by atoms with E-state index >= 15 is 0 Å². The van der Waals surface area contributed by atoms with Crippen LogP contribution in [0.2, 0.25) is 0 Å². The van der Waals surface area contributed by atoms with Crippen molar-refractivity contribution in [3.63, 3.8) is 0 Å². The molecule has 3 heteroatoms. The van der Waals surface area contributed by atoms with Crippen LogP contribution in [-0.4, -0.2) is 32.1 Å². The molecule has 0 radical (unpaired) electrons. The average molecular weight is 236 g/mol. The van der Waals surface area contributed by atoms with E-state index < -0.39 is 0 Å². The summed E-state index contributed by atoms with van der Waals surface area (Å²) < 4.78 is 5.82. The molecule has 1 aromatic carbocycles. The van der Waals surface area contributed by atoms with Gasteiger partial charge in [0.2, 0.25) is 0 Å². The van der Waals surface area contributed by atoms with Gasteiger partial charge in [-0.3, -0.25) is 0 Å². The number of benzene rings is 1. The number of hydrogen-bond acceptors (Lipinski definition) is 3. The Hall–Kier alpha value is -1.06. The molecule has 1 atom stereocenters. The molecule has 0 aromatic heterocycles. The lowest BCUT2D eigenvalue weighted by Crippen LogP contribution is -2.16. The first-order valence-electron chi connectivity index (χ1n) is 6.14. The molecule has 1 unspecified atom stereocenters. The molecule has 96 valence electrons. The highest BCUT2D eigenvalue weighted by atomic mass is 16.5. The second kappa shape index (κ2) is 6.62. The smallest absolute Gasteiger partial charge is 0.124 e. The van der Waals surface area contributed by atoms with E-state index in [9.17, 15) is 0 Å². The molecule has 17 heavy (non-hydrogen) atoms. The third kappa shape index (κ3) is 4.75. The molecule has 0 aliphatic heterocycles. The second-order valence-electron chi connectivity index (χ2n) is 4.84. The van der Waals surface area contributed by atoms with E-state index in [0.29, 0.717) is 0 Å². The van der Waals surface area contributed by atoms with Crippen molar-refractivity contribution in [1.82, 2.24) is 4.90 Å². The number of ether oxygens (including phenoxy) is 1. The minimum Gasteiger partial charge on any atom is -0.493 e. The Labute approximate surface area is 105 Å². The molecule has 0 heterocycles. The van der Waals surface area contributed by atoms with Crippen molar-refractivity contribution in [1.29, 1.82) is 0 Å². The van der Waals surface area contributed by atoms with Crippen molar-refractivity contribution >= 4 is 0 Å². The molecule has 0 aliphatic carbocycles. The van der Waals surface area contributed by atoms with Crippen LogP contribution in [0.4, 0.5) is 0 Å². The highest BCUT2D eigenvalue weighted by Crippen LogP contribution is 2.25. The van der Waals surface area contributed by atoms with E-state index in [1.807, 2.05) is 6.92 Å². The molecule has 0 amide bonds. The summed E-state index contributed by atoms with van der Waals surface area (Å²) in [7, 11) is 4.14. The molecular weight excluding hydrogens is 212 g/mol. The summed E-state index contributed by atoms with van der Waals surface area (Å²) >= 11 is 0. The molecule has 0 saturated heterocycles. The van der Waals surface area contributed by atoms with Gasteiger partial charge in [0.25, 0.3) is 0 Å². The van der Waals surface area contributed by atoms with Gasteiger partial charge in [-0.05, 0) is 46.0 Å². The molecule has 0 bridgehead atoms. The Bertz CT molecular complexity index is 348. The fourth-order valence-electron chi connectivity index (χ4n) is 1.71. The Morgan fingerprint density at radius 3 is 2.65 bits per heavy atom. The van der Waals surface area contributed by atoms with Gasteiger partial charge in [0.15, 0.2) is 0 Å². The number of nitrogens with zero attached hydrogens (tertiary/aromatic N) is 1. The third-order valence-corrected chi connectivity index (χ3v) is 2.67. The van der Waals surface area contributed by atoms with Crippen molar-refractivity contribution in [2.24, 2.45) is 5.73 Å². The normalized spacial score (nSPS) is 12.8. The molecule has 0 saturated carbocycles. The zero-order chi connectivity index (χ0) is 12.8. The Balaban J connectivity index is 2.59. The van der Waals surface area contributed by atoms with Crippen molar-refractivity contribution in [2.45, 2.75) is 26.3 Å². The summed E-state index contributed by atoms with van der Waals surface area (Å²) in [4.78, 5) is 2.16. The minimum absolute atomic E-state index is 0.0134. The standard InChI is InChI=1S/C14H24N2O/c1-11-6-7-13(12(2)15)14(10-11)17-9-5-8-16(3)4/h6-7,10,12H,5,8-9,15H2,1-4H3. The van der Waals surface area contributed by atoms with Crippen molar-refractivity contribution in [2.75, 3.05) is 27.2 Å². The van der Waals surface area contributed by atoms with Crippen LogP contribution in [-0.2, 0) is 0 Å². The second-order valence-corrected chi connectivity index (χ2v) is 4.84. The fourth-order valence-corrected chi connectivity index (χ4v) is 1.71. The van der Waals surface area contributed by atoms with Crippen molar-refractivity contribution in [3.8, 4) is 5.75 Å². The number of rotatable bonds is 6. The first-order chi connectivity index (χ1) is 8.00. The maximum Gasteiger partial charge on any atom is 0.124 e. The first-order valence-corrected chi connectivity index (χ1v) is 6.14. The fraction of sp³-hybridized carbons (Fsp3) is 0.571. The van der Waals surface area contributed by atoms with Crippen molar-refractivity contribution in [3.05, 3.63) is 29.3 Å². The average Bonchev–Trinajstić information content (AvgIpc) is 2.23. The minimum atomic E-state index is 0.0134. The highest BCUT2D eigenvalue weighted by Gasteiger charge is 2.08. The lowest BCUT2D eigenvalue weighted by molar-refractivity contribution is 0.278. The van der Waals surface area contributed by atoms with Crippen molar-refractivity contribution < 1.29 is 4.74 Å². The van der Waals surface area contributed by atoms with Gasteiger partial charge in [-0.25, -0.2) is 0 Å². The van der Waals surface area contributed by atoms with Gasteiger partial charge in [-0.15, -0.1) is 0 Å². The third-order valence-electron chi connectivity index (χ3n) is 2.67. The van der Waals surface area contributed by atoms with E-state index in [1.165, 1.54) is 5.56 Å². The van der Waals surface area contributed by atoms with Gasteiger partial charge in [-0.1, -0.05) is 12.1 Å². The number of nitrogens with two attached hydrogens (primary N) is 1. The largest absolute Gasteiger partial charge is 0.493 e. The van der Waals surface area contributed by atoms with Crippen LogP contribution >= 0.6 is 0 Å². The molecule has 0 aliphatic rings. The summed E-state index contributed by atoms with van der Waals surface area (Å²) in [6.07, 6.45) is 1.03. The zero-order valence-electron chi connectivity index (χ0n) is 11.4. The van der Waals surface area contributed by atoms with Crippen LogP contribution < -0.4 is 10.5 Å². The predicted octanol–water partition coefficient (Wildman–Crippen LogP) is 2.35. The van der Waals surface area contributed by atoms with Crippen LogP contribution in [0.25, 0.3) is 0 Å². The van der Waals surface area contributed by atoms with E-state index in [0.717, 1.165) is 30.9 Å². The Kier molecular flexibility index (Phi) is 5.45. The molecular formula is C14H24N2O. The quantitative estimate of drug-likeness (QED) is 0.771. The van der Waals surface area contributed by atoms with Crippen LogP contribution in [0.3, 0.4) is 0 Å². The monoisotopic (exact) mass is 236 g/mol. The van der Waals surface area contributed by atoms with E-state index in [1.54, 1.807) is 0 Å². The van der Waals surface area contributed by atoms with E-state index in [-0.39, 0.29) is 6.04 Å². The molecule has 0 fully saturated rings. The topological polar surface area (TPSA) is 38.5 Å². The highest BCUT2D eigenvalue weighted by molar-refractivity contribution is 5.38. The van der Waals surface area contributed by atoms with Gasteiger partial charge >= 0.3 is 0 Å². The predicted molar refractivity (Wildman–Crippen MR) is 72.4 cm³/mol. The first kappa shape index (κ1) is 14.0. The van der Waals surface area contributed by atoms with Crippen LogP contribution in [0.5, 0.6) is 5.75 Å². The van der Waals surface area contributed by atoms with Crippen LogP contribution in [0, 0.1) is 6.92 Å². The zero-order valence-corrected chi connectivity index (χ0v) is 11.4. The maximum absolute atomic E-state index is 5.93. The van der Waals surface area contributed by atoms with Gasteiger partial charge in [0.05, 0.1) is 6.61 Å². The van der Waals surface area contributed by atoms with Gasteiger partial charge in [0.1, 0.15) is 5.75 Å². The summed E-state index contributed by atoms with van der Waals surface area (Å²) in [5.41, 5.74) is 8.22. The summed E-state index contributed by atoms with van der Waals surface area (Å²) in [6, 6.07) is 6.21. The Morgan fingerprint density at radius 1 is 1.35 bits per heavy atom. The molecule has 0 spiro atoms. The summed E-state index contributed by atoms with van der Waals surface area (Å²) in [6.45, 7) is 5.83. The lowest BCUT2D eigenvalue weighted by atomic mass is 10.1.